The molecule has 0 unspecified atom stereocenters. The highest BCUT2D eigenvalue weighted by Crippen LogP contribution is 2.28. The molecule has 1 aliphatic heterocycles. The molecule has 0 N–H and O–H groups in total. The van der Waals surface area contributed by atoms with Crippen molar-refractivity contribution in [1.82, 2.24) is 14.9 Å². The van der Waals surface area contributed by atoms with Crippen molar-refractivity contribution < 1.29 is 4.74 Å². The van der Waals surface area contributed by atoms with Gasteiger partial charge in [0.1, 0.15) is 16.1 Å². The average Bonchev–Trinajstić information content (AvgIpc) is 3.28. The Labute approximate surface area is 143 Å². The summed E-state index contributed by atoms with van der Waals surface area (Å²) in [5, 5.41) is 4.17. The predicted molar refractivity (Wildman–Crippen MR) is 93.6 cm³/mol. The number of aromatic nitrogens is 2. The summed E-state index contributed by atoms with van der Waals surface area (Å²) in [6, 6.07) is 10.4. The molecule has 0 radical (unpaired) electrons. The van der Waals surface area contributed by atoms with Gasteiger partial charge in [0.05, 0.1) is 6.61 Å². The average molecular weight is 343 g/mol. The first-order valence-electron chi connectivity index (χ1n) is 7.62. The van der Waals surface area contributed by atoms with Gasteiger partial charge in [0.25, 0.3) is 0 Å². The lowest BCUT2D eigenvalue weighted by Crippen LogP contribution is -2.37. The lowest BCUT2D eigenvalue weighted by atomic mass is 10.2. The van der Waals surface area contributed by atoms with Crippen LogP contribution in [0.2, 0.25) is 0 Å². The first-order valence-corrected chi connectivity index (χ1v) is 9.31. The number of hydrogen-bond acceptors (Lipinski definition) is 6. The van der Waals surface area contributed by atoms with Gasteiger partial charge < -0.3 is 4.74 Å². The molecule has 1 aromatic carbocycles. The second-order valence-electron chi connectivity index (χ2n) is 5.46. The van der Waals surface area contributed by atoms with Gasteiger partial charge in [-0.15, -0.1) is 22.7 Å². The summed E-state index contributed by atoms with van der Waals surface area (Å²) in [5.74, 6) is 0. The first-order chi connectivity index (χ1) is 11.4. The van der Waals surface area contributed by atoms with Gasteiger partial charge in [0, 0.05) is 47.8 Å². The van der Waals surface area contributed by atoms with Crippen LogP contribution >= 0.6 is 22.7 Å². The normalized spacial score (nSPS) is 19.0. The maximum atomic E-state index is 5.86. The molecule has 0 amide bonds. The second kappa shape index (κ2) is 6.88. The van der Waals surface area contributed by atoms with E-state index in [1.165, 1.54) is 10.4 Å². The zero-order valence-electron chi connectivity index (χ0n) is 12.6. The Morgan fingerprint density at radius 3 is 2.96 bits per heavy atom. The minimum Gasteiger partial charge on any atom is -0.368 e. The van der Waals surface area contributed by atoms with Crippen molar-refractivity contribution in [3.63, 3.8) is 0 Å². The summed E-state index contributed by atoms with van der Waals surface area (Å²) in [6.45, 7) is 3.54. The van der Waals surface area contributed by atoms with E-state index in [9.17, 15) is 0 Å². The number of ether oxygens (including phenoxy) is 1. The maximum absolute atomic E-state index is 5.86. The third-order valence-corrected chi connectivity index (χ3v) is 5.73. The molecule has 1 saturated heterocycles. The van der Waals surface area contributed by atoms with Gasteiger partial charge in [-0.2, -0.15) is 0 Å². The molecule has 0 bridgehead atoms. The van der Waals surface area contributed by atoms with E-state index in [1.54, 1.807) is 22.7 Å². The minimum atomic E-state index is 0.102. The molecule has 0 saturated carbocycles. The zero-order valence-corrected chi connectivity index (χ0v) is 14.2. The third-order valence-electron chi connectivity index (χ3n) is 3.83. The van der Waals surface area contributed by atoms with Gasteiger partial charge in [0.2, 0.25) is 0 Å². The van der Waals surface area contributed by atoms with Crippen LogP contribution < -0.4 is 0 Å². The number of nitrogens with zero attached hydrogens (tertiary/aromatic N) is 3. The largest absolute Gasteiger partial charge is 0.368 e. The van der Waals surface area contributed by atoms with Gasteiger partial charge in [-0.3, -0.25) is 4.90 Å². The Hall–Kier alpha value is -1.60. The van der Waals surface area contributed by atoms with E-state index < -0.39 is 0 Å². The van der Waals surface area contributed by atoms with Crippen LogP contribution in [-0.2, 0) is 11.3 Å². The molecule has 23 heavy (non-hydrogen) atoms. The summed E-state index contributed by atoms with van der Waals surface area (Å²) >= 11 is 3.44. The number of rotatable bonds is 4. The van der Waals surface area contributed by atoms with Crippen LogP contribution in [0.4, 0.5) is 0 Å². The Kier molecular flexibility index (Phi) is 4.48. The lowest BCUT2D eigenvalue weighted by Gasteiger charge is -2.31. The van der Waals surface area contributed by atoms with Gasteiger partial charge in [-0.25, -0.2) is 9.97 Å². The van der Waals surface area contributed by atoms with E-state index in [0.717, 1.165) is 36.3 Å². The molecule has 6 heteroatoms. The summed E-state index contributed by atoms with van der Waals surface area (Å²) in [6.07, 6.45) is 3.95. The van der Waals surface area contributed by atoms with Crippen LogP contribution in [0.15, 0.2) is 48.1 Å². The van der Waals surface area contributed by atoms with E-state index in [4.69, 9.17) is 4.74 Å². The molecule has 3 heterocycles. The first kappa shape index (κ1) is 15.0. The number of hydrogen-bond donors (Lipinski definition) is 0. The van der Waals surface area contributed by atoms with Crippen molar-refractivity contribution in [2.24, 2.45) is 0 Å². The zero-order chi connectivity index (χ0) is 15.5. The van der Waals surface area contributed by atoms with E-state index in [0.29, 0.717) is 0 Å². The Morgan fingerprint density at radius 2 is 2.13 bits per heavy atom. The van der Waals surface area contributed by atoms with Gasteiger partial charge >= 0.3 is 0 Å². The smallest absolute Gasteiger partial charge is 0.123 e. The molecule has 1 aliphatic rings. The Morgan fingerprint density at radius 1 is 1.22 bits per heavy atom. The quantitative estimate of drug-likeness (QED) is 0.721. The summed E-state index contributed by atoms with van der Waals surface area (Å²) in [7, 11) is 0. The van der Waals surface area contributed by atoms with Crippen molar-refractivity contribution in [3.8, 4) is 10.6 Å². The molecule has 4 rings (SSSR count). The SMILES string of the molecule is c1ccc(-c2ncc(CN3CCO[C@@H](c4nccs4)C3)s2)cc1. The van der Waals surface area contributed by atoms with Crippen LogP contribution in [0, 0.1) is 0 Å². The molecule has 1 atom stereocenters. The third kappa shape index (κ3) is 3.50. The lowest BCUT2D eigenvalue weighted by molar-refractivity contribution is -0.0327. The number of morpholine rings is 1. The summed E-state index contributed by atoms with van der Waals surface area (Å²) in [5.41, 5.74) is 1.19. The van der Waals surface area contributed by atoms with Crippen LogP contribution in [0.5, 0.6) is 0 Å². The van der Waals surface area contributed by atoms with Crippen LogP contribution in [0.1, 0.15) is 16.0 Å². The fourth-order valence-electron chi connectivity index (χ4n) is 2.70. The summed E-state index contributed by atoms with van der Waals surface area (Å²) in [4.78, 5) is 12.7. The Balaban J connectivity index is 1.43. The van der Waals surface area contributed by atoms with E-state index in [-0.39, 0.29) is 6.10 Å². The number of benzene rings is 1. The van der Waals surface area contributed by atoms with E-state index in [1.807, 2.05) is 23.8 Å². The molecule has 4 nitrogen and oxygen atoms in total. The van der Waals surface area contributed by atoms with Gasteiger partial charge in [-0.05, 0) is 0 Å². The monoisotopic (exact) mass is 343 g/mol. The van der Waals surface area contributed by atoms with E-state index >= 15 is 0 Å². The van der Waals surface area contributed by atoms with Crippen LogP contribution in [-0.4, -0.2) is 34.6 Å². The second-order valence-corrected chi connectivity index (χ2v) is 7.50. The van der Waals surface area contributed by atoms with Gasteiger partial charge in [0.15, 0.2) is 0 Å². The minimum absolute atomic E-state index is 0.102. The molecular formula is C17H17N3OS2. The maximum Gasteiger partial charge on any atom is 0.123 e. The summed E-state index contributed by atoms with van der Waals surface area (Å²) < 4.78 is 5.86. The molecule has 118 valence electrons. The number of thiazole rings is 2. The highest BCUT2D eigenvalue weighted by Gasteiger charge is 2.24. The molecule has 1 fully saturated rings. The molecule has 0 aliphatic carbocycles. The van der Waals surface area contributed by atoms with Crippen molar-refractivity contribution in [3.05, 3.63) is 58.0 Å². The van der Waals surface area contributed by atoms with Crippen molar-refractivity contribution in [1.29, 1.82) is 0 Å². The van der Waals surface area contributed by atoms with Crippen molar-refractivity contribution >= 4 is 22.7 Å². The fourth-order valence-corrected chi connectivity index (χ4v) is 4.34. The van der Waals surface area contributed by atoms with Crippen molar-refractivity contribution in [2.45, 2.75) is 12.6 Å². The van der Waals surface area contributed by atoms with Crippen LogP contribution in [0.25, 0.3) is 10.6 Å². The highest BCUT2D eigenvalue weighted by atomic mass is 32.1. The fraction of sp³-hybridized carbons (Fsp3) is 0.294. The standard InChI is InChI=1S/C17H17N3OS2/c1-2-4-13(5-3-1)16-19-10-14(23-16)11-20-7-8-21-15(12-20)17-18-6-9-22-17/h1-6,9-10,15H,7-8,11-12H2/t15-/m1/s1. The predicted octanol–water partition coefficient (Wildman–Crippen LogP) is 3.84. The van der Waals surface area contributed by atoms with Crippen LogP contribution in [0.3, 0.4) is 0 Å². The van der Waals surface area contributed by atoms with E-state index in [2.05, 4.69) is 39.1 Å². The van der Waals surface area contributed by atoms with Crippen molar-refractivity contribution in [2.75, 3.05) is 19.7 Å². The Bertz CT molecular complexity index is 742. The molecular weight excluding hydrogens is 326 g/mol. The molecule has 3 aromatic rings. The topological polar surface area (TPSA) is 38.2 Å². The van der Waals surface area contributed by atoms with Gasteiger partial charge in [-0.1, -0.05) is 30.3 Å². The molecule has 0 spiro atoms. The highest BCUT2D eigenvalue weighted by molar-refractivity contribution is 7.15. The molecule has 2 aromatic heterocycles.